The van der Waals surface area contributed by atoms with Crippen LogP contribution >= 0.6 is 22.9 Å². The average molecular weight is 586 g/mol. The van der Waals surface area contributed by atoms with E-state index in [-0.39, 0.29) is 11.5 Å². The maximum Gasteiger partial charge on any atom is 0.271 e. The van der Waals surface area contributed by atoms with Crippen LogP contribution in [0.15, 0.2) is 93.9 Å². The molecule has 6 nitrogen and oxygen atoms in total. The number of aryl methyl sites for hydroxylation is 1. The Labute approximate surface area is 248 Å². The first-order valence-electron chi connectivity index (χ1n) is 13.6. The number of aromatic nitrogens is 1. The number of benzene rings is 3. The number of carbonyl (C=O) groups excluding carboxylic acids is 1. The molecule has 1 aliphatic rings. The van der Waals surface area contributed by atoms with Gasteiger partial charge < -0.3 is 9.64 Å². The van der Waals surface area contributed by atoms with E-state index in [0.29, 0.717) is 45.3 Å². The summed E-state index contributed by atoms with van der Waals surface area (Å²) in [7, 11) is 0. The van der Waals surface area contributed by atoms with Gasteiger partial charge in [0.05, 0.1) is 21.8 Å². The Balaban J connectivity index is 1.50. The summed E-state index contributed by atoms with van der Waals surface area (Å²) in [6.45, 7) is 9.40. The van der Waals surface area contributed by atoms with Crippen molar-refractivity contribution in [3.8, 4) is 5.75 Å². The van der Waals surface area contributed by atoms with Gasteiger partial charge in [-0.2, -0.15) is 0 Å². The molecule has 2 heterocycles. The molecule has 1 aliphatic heterocycles. The average Bonchev–Trinajstić information content (AvgIpc) is 3.27. The number of ether oxygens (including phenoxy) is 1. The van der Waals surface area contributed by atoms with Gasteiger partial charge in [0, 0.05) is 18.1 Å². The van der Waals surface area contributed by atoms with Crippen molar-refractivity contribution in [3.63, 3.8) is 0 Å². The fourth-order valence-corrected chi connectivity index (χ4v) is 6.07. The lowest BCUT2D eigenvalue weighted by Gasteiger charge is -2.29. The Morgan fingerprint density at radius 3 is 2.29 bits per heavy atom. The van der Waals surface area contributed by atoms with Crippen molar-refractivity contribution >= 4 is 34.9 Å². The van der Waals surface area contributed by atoms with Crippen LogP contribution in [0.2, 0.25) is 5.02 Å². The van der Waals surface area contributed by atoms with Crippen molar-refractivity contribution in [2.75, 3.05) is 13.1 Å². The number of rotatable bonds is 8. The summed E-state index contributed by atoms with van der Waals surface area (Å²) in [5.74, 6) is 0.633. The number of hydrogen-bond acceptors (Lipinski definition) is 5. The van der Waals surface area contributed by atoms with Crippen LogP contribution in [0.4, 0.5) is 0 Å². The minimum absolute atomic E-state index is 0.119. The van der Waals surface area contributed by atoms with E-state index < -0.39 is 6.04 Å². The predicted octanol–water partition coefficient (Wildman–Crippen LogP) is 5.64. The van der Waals surface area contributed by atoms with E-state index in [0.717, 1.165) is 22.4 Å². The maximum atomic E-state index is 13.9. The number of likely N-dealkylation sites (N-methyl/N-ethyl adjacent to an activating group) is 1. The molecule has 1 atom stereocenters. The lowest BCUT2D eigenvalue weighted by atomic mass is 9.94. The molecule has 1 aromatic heterocycles. The minimum atomic E-state index is -0.601. The van der Waals surface area contributed by atoms with Gasteiger partial charge in [0.15, 0.2) is 4.80 Å². The van der Waals surface area contributed by atoms with Crippen LogP contribution in [-0.4, -0.2) is 28.5 Å². The molecule has 0 saturated carbocycles. The number of nitrogens with zero attached hydrogens (tertiary/aromatic N) is 3. The van der Waals surface area contributed by atoms with Gasteiger partial charge in [-0.15, -0.1) is 0 Å². The van der Waals surface area contributed by atoms with Crippen LogP contribution in [-0.2, 0) is 11.4 Å². The maximum absolute atomic E-state index is 13.9. The molecule has 0 N–H and O–H groups in total. The highest BCUT2D eigenvalue weighted by molar-refractivity contribution is 7.07. The second-order valence-corrected chi connectivity index (χ2v) is 11.4. The summed E-state index contributed by atoms with van der Waals surface area (Å²) in [5, 5.41) is 0.588. The topological polar surface area (TPSA) is 63.9 Å². The Morgan fingerprint density at radius 1 is 1.00 bits per heavy atom. The van der Waals surface area contributed by atoms with Crippen molar-refractivity contribution < 1.29 is 9.53 Å². The summed E-state index contributed by atoms with van der Waals surface area (Å²) < 4.78 is 8.12. The zero-order chi connectivity index (χ0) is 29.1. The van der Waals surface area contributed by atoms with Crippen LogP contribution in [0.3, 0.4) is 0 Å². The summed E-state index contributed by atoms with van der Waals surface area (Å²) >= 11 is 7.50. The van der Waals surface area contributed by atoms with Crippen LogP contribution in [0.25, 0.3) is 6.08 Å². The third-order valence-corrected chi connectivity index (χ3v) is 8.43. The first-order valence-corrected chi connectivity index (χ1v) is 14.8. The predicted molar refractivity (Wildman–Crippen MR) is 165 cm³/mol. The molecule has 41 heavy (non-hydrogen) atoms. The molecule has 0 saturated heterocycles. The molecule has 0 radical (unpaired) electrons. The molecule has 0 aliphatic carbocycles. The van der Waals surface area contributed by atoms with Crippen LogP contribution in [0.1, 0.15) is 49.1 Å². The number of fused-ring (bicyclic) bond motifs is 1. The summed E-state index contributed by atoms with van der Waals surface area (Å²) in [6, 6.07) is 22.6. The van der Waals surface area contributed by atoms with Crippen molar-refractivity contribution in [2.24, 2.45) is 4.99 Å². The zero-order valence-corrected chi connectivity index (χ0v) is 25.1. The summed E-state index contributed by atoms with van der Waals surface area (Å²) in [5.41, 5.74) is 4.92. The van der Waals surface area contributed by atoms with Gasteiger partial charge >= 0.3 is 0 Å². The van der Waals surface area contributed by atoms with E-state index in [2.05, 4.69) is 31.2 Å². The third kappa shape index (κ3) is 6.06. The van der Waals surface area contributed by atoms with Crippen LogP contribution in [0.5, 0.6) is 5.75 Å². The van der Waals surface area contributed by atoms with E-state index in [1.165, 1.54) is 16.9 Å². The number of allylic oxidation sites excluding steroid dienone is 1. The Hall–Kier alpha value is -3.94. The number of halogens is 1. The lowest BCUT2D eigenvalue weighted by molar-refractivity contribution is -0.127. The summed E-state index contributed by atoms with van der Waals surface area (Å²) in [4.78, 5) is 34.6. The Morgan fingerprint density at radius 2 is 1.66 bits per heavy atom. The molecule has 0 spiro atoms. The van der Waals surface area contributed by atoms with E-state index in [1.807, 2.05) is 63.2 Å². The smallest absolute Gasteiger partial charge is 0.271 e. The van der Waals surface area contributed by atoms with Gasteiger partial charge in [0.2, 0.25) is 0 Å². The number of amides is 1. The van der Waals surface area contributed by atoms with Crippen LogP contribution in [0, 0.1) is 6.92 Å². The monoisotopic (exact) mass is 585 g/mol. The molecule has 0 unspecified atom stereocenters. The van der Waals surface area contributed by atoms with E-state index >= 15 is 0 Å². The van der Waals surface area contributed by atoms with Crippen molar-refractivity contribution in [1.82, 2.24) is 9.47 Å². The Bertz CT molecular complexity index is 1770. The molecule has 0 bridgehead atoms. The first kappa shape index (κ1) is 28.6. The molecule has 1 amide bonds. The first-order chi connectivity index (χ1) is 19.8. The SMILES string of the molecule is CCN(CC)C(=O)C1=C(C)N=c2s/c(=C/c3ccc(OCc4ccc(C)cc4)cc3)c(=O)n2[C@@H]1c1ccc(Cl)cc1. The van der Waals surface area contributed by atoms with Crippen LogP contribution < -0.4 is 19.6 Å². The van der Waals surface area contributed by atoms with Gasteiger partial charge in [-0.3, -0.25) is 14.2 Å². The molecule has 4 aromatic rings. The van der Waals surface area contributed by atoms with Gasteiger partial charge in [-0.25, -0.2) is 4.99 Å². The van der Waals surface area contributed by atoms with Gasteiger partial charge in [0.25, 0.3) is 11.5 Å². The van der Waals surface area contributed by atoms with E-state index in [1.54, 1.807) is 21.6 Å². The van der Waals surface area contributed by atoms with Crippen molar-refractivity contribution in [1.29, 1.82) is 0 Å². The van der Waals surface area contributed by atoms with E-state index in [9.17, 15) is 9.59 Å². The number of hydrogen-bond donors (Lipinski definition) is 0. The highest BCUT2D eigenvalue weighted by atomic mass is 35.5. The minimum Gasteiger partial charge on any atom is -0.489 e. The second kappa shape index (κ2) is 12.3. The largest absolute Gasteiger partial charge is 0.489 e. The summed E-state index contributed by atoms with van der Waals surface area (Å²) in [6.07, 6.45) is 1.86. The molecule has 3 aromatic carbocycles. The van der Waals surface area contributed by atoms with Gasteiger partial charge in [-0.1, -0.05) is 77.0 Å². The lowest BCUT2D eigenvalue weighted by Crippen LogP contribution is -2.43. The third-order valence-electron chi connectivity index (χ3n) is 7.19. The highest BCUT2D eigenvalue weighted by Crippen LogP contribution is 2.31. The van der Waals surface area contributed by atoms with Crippen molar-refractivity contribution in [3.05, 3.63) is 131 Å². The fourth-order valence-electron chi connectivity index (χ4n) is 4.90. The molecular weight excluding hydrogens is 554 g/mol. The van der Waals surface area contributed by atoms with Gasteiger partial charge in [-0.05, 0) is 74.7 Å². The Kier molecular flexibility index (Phi) is 8.57. The van der Waals surface area contributed by atoms with Gasteiger partial charge in [0.1, 0.15) is 12.4 Å². The van der Waals surface area contributed by atoms with Crippen molar-refractivity contribution in [2.45, 2.75) is 40.3 Å². The molecule has 210 valence electrons. The standard InChI is InChI=1S/C33H32ClN3O3S/c1-5-36(6-2)32(39)29-22(4)35-33-37(30(29)25-13-15-26(34)16-14-25)31(38)28(41-33)19-23-11-17-27(18-12-23)40-20-24-9-7-21(3)8-10-24/h7-19,30H,5-6,20H2,1-4H3/b28-19+/t30-/m1/s1. The van der Waals surface area contributed by atoms with E-state index in [4.69, 9.17) is 21.3 Å². The molecule has 8 heteroatoms. The quantitative estimate of drug-likeness (QED) is 0.269. The molecule has 5 rings (SSSR count). The highest BCUT2D eigenvalue weighted by Gasteiger charge is 2.34. The normalized spacial score (nSPS) is 15.0. The fraction of sp³-hybridized carbons (Fsp3) is 0.242. The zero-order valence-electron chi connectivity index (χ0n) is 23.6. The number of carbonyl (C=O) groups is 1. The molecular formula is C33H32ClN3O3S. The number of thiazole rings is 1. The molecule has 0 fully saturated rings. The second-order valence-electron chi connectivity index (χ2n) is 9.95.